The SMILES string of the molecule is CC(C)C(C)NC(=O)COC1COC2(CCNCC2)C1. The van der Waals surface area contributed by atoms with Crippen LogP contribution in [0, 0.1) is 5.92 Å². The molecule has 2 N–H and O–H groups in total. The Hall–Kier alpha value is -0.650. The molecule has 20 heavy (non-hydrogen) atoms. The fourth-order valence-corrected chi connectivity index (χ4v) is 2.80. The Balaban J connectivity index is 1.69. The number of carbonyl (C=O) groups excluding carboxylic acids is 1. The van der Waals surface area contributed by atoms with Crippen LogP contribution >= 0.6 is 0 Å². The maximum Gasteiger partial charge on any atom is 0.246 e. The smallest absolute Gasteiger partial charge is 0.246 e. The van der Waals surface area contributed by atoms with Crippen LogP contribution in [0.5, 0.6) is 0 Å². The summed E-state index contributed by atoms with van der Waals surface area (Å²) < 4.78 is 11.7. The van der Waals surface area contributed by atoms with Crippen molar-refractivity contribution < 1.29 is 14.3 Å². The number of hydrogen-bond donors (Lipinski definition) is 2. The number of ether oxygens (including phenoxy) is 2. The largest absolute Gasteiger partial charge is 0.372 e. The van der Waals surface area contributed by atoms with Crippen LogP contribution in [0.1, 0.15) is 40.0 Å². The molecule has 2 aliphatic rings. The predicted molar refractivity (Wildman–Crippen MR) is 77.6 cm³/mol. The minimum atomic E-state index is -0.0301. The molecule has 0 aromatic heterocycles. The summed E-state index contributed by atoms with van der Waals surface area (Å²) in [6, 6.07) is 0.182. The van der Waals surface area contributed by atoms with Gasteiger partial charge in [-0.25, -0.2) is 0 Å². The molecular formula is C15H28N2O3. The van der Waals surface area contributed by atoms with Gasteiger partial charge in [-0.1, -0.05) is 13.8 Å². The zero-order chi connectivity index (χ0) is 14.6. The number of rotatable bonds is 5. The van der Waals surface area contributed by atoms with Gasteiger partial charge in [-0.3, -0.25) is 4.79 Å². The maximum atomic E-state index is 11.8. The molecule has 0 radical (unpaired) electrons. The molecule has 1 amide bonds. The van der Waals surface area contributed by atoms with E-state index >= 15 is 0 Å². The third-order valence-corrected chi connectivity index (χ3v) is 4.53. The van der Waals surface area contributed by atoms with E-state index in [2.05, 4.69) is 24.5 Å². The average molecular weight is 284 g/mol. The molecule has 0 saturated carbocycles. The minimum absolute atomic E-state index is 0.00236. The van der Waals surface area contributed by atoms with Crippen molar-refractivity contribution in [3.63, 3.8) is 0 Å². The third kappa shape index (κ3) is 4.17. The van der Waals surface area contributed by atoms with Crippen LogP contribution in [0.4, 0.5) is 0 Å². The third-order valence-electron chi connectivity index (χ3n) is 4.53. The molecule has 0 aromatic rings. The van der Waals surface area contributed by atoms with Crippen molar-refractivity contribution in [1.82, 2.24) is 10.6 Å². The van der Waals surface area contributed by atoms with Gasteiger partial charge in [0.1, 0.15) is 6.61 Å². The topological polar surface area (TPSA) is 59.6 Å². The molecule has 2 heterocycles. The summed E-state index contributed by atoms with van der Waals surface area (Å²) in [5.41, 5.74) is -0.00236. The molecule has 5 nitrogen and oxygen atoms in total. The van der Waals surface area contributed by atoms with E-state index in [1.165, 1.54) is 0 Å². The molecule has 1 spiro atoms. The lowest BCUT2D eigenvalue weighted by Crippen LogP contribution is -2.42. The van der Waals surface area contributed by atoms with Gasteiger partial charge in [0.05, 0.1) is 18.3 Å². The van der Waals surface area contributed by atoms with E-state index in [9.17, 15) is 4.79 Å². The molecule has 0 bridgehead atoms. The van der Waals surface area contributed by atoms with Gasteiger partial charge in [-0.05, 0) is 38.8 Å². The van der Waals surface area contributed by atoms with E-state index in [0.717, 1.165) is 32.4 Å². The normalized spacial score (nSPS) is 26.9. The molecule has 5 heteroatoms. The van der Waals surface area contributed by atoms with Gasteiger partial charge in [0.2, 0.25) is 5.91 Å². The molecule has 2 atom stereocenters. The highest BCUT2D eigenvalue weighted by atomic mass is 16.6. The Morgan fingerprint density at radius 3 is 2.75 bits per heavy atom. The molecule has 0 aliphatic carbocycles. The summed E-state index contributed by atoms with van der Waals surface area (Å²) in [5, 5.41) is 6.31. The lowest BCUT2D eigenvalue weighted by Gasteiger charge is -2.32. The van der Waals surface area contributed by atoms with Gasteiger partial charge in [0, 0.05) is 12.5 Å². The summed E-state index contributed by atoms with van der Waals surface area (Å²) in [4.78, 5) is 11.8. The summed E-state index contributed by atoms with van der Waals surface area (Å²) in [6.07, 6.45) is 3.07. The number of nitrogens with one attached hydrogen (secondary N) is 2. The van der Waals surface area contributed by atoms with Crippen molar-refractivity contribution in [2.75, 3.05) is 26.3 Å². The van der Waals surface area contributed by atoms with Crippen molar-refractivity contribution in [3.8, 4) is 0 Å². The van der Waals surface area contributed by atoms with Crippen LogP contribution in [0.2, 0.25) is 0 Å². The zero-order valence-corrected chi connectivity index (χ0v) is 12.9. The van der Waals surface area contributed by atoms with Crippen molar-refractivity contribution >= 4 is 5.91 Å². The summed E-state index contributed by atoms with van der Waals surface area (Å²) in [6.45, 7) is 8.99. The minimum Gasteiger partial charge on any atom is -0.372 e. The van der Waals surface area contributed by atoms with Crippen LogP contribution < -0.4 is 10.6 Å². The van der Waals surface area contributed by atoms with Crippen LogP contribution in [-0.2, 0) is 14.3 Å². The van der Waals surface area contributed by atoms with E-state index < -0.39 is 0 Å². The number of piperidine rings is 1. The van der Waals surface area contributed by atoms with Gasteiger partial charge in [-0.2, -0.15) is 0 Å². The average Bonchev–Trinajstić information content (AvgIpc) is 2.80. The first-order chi connectivity index (χ1) is 9.51. The van der Waals surface area contributed by atoms with Crippen LogP contribution in [0.15, 0.2) is 0 Å². The Morgan fingerprint density at radius 2 is 2.10 bits per heavy atom. The van der Waals surface area contributed by atoms with Gasteiger partial charge < -0.3 is 20.1 Å². The Labute approximate surface area is 121 Å². The van der Waals surface area contributed by atoms with Crippen LogP contribution in [0.3, 0.4) is 0 Å². The molecule has 116 valence electrons. The second kappa shape index (κ2) is 6.87. The summed E-state index contributed by atoms with van der Waals surface area (Å²) in [5.74, 6) is 0.407. The Kier molecular flexibility index (Phi) is 5.41. The van der Waals surface area contributed by atoms with Crippen LogP contribution in [-0.4, -0.2) is 50.0 Å². The molecular weight excluding hydrogens is 256 g/mol. The molecule has 2 rings (SSSR count). The number of carbonyl (C=O) groups is 1. The number of hydrogen-bond acceptors (Lipinski definition) is 4. The van der Waals surface area contributed by atoms with E-state index in [1.54, 1.807) is 0 Å². The van der Waals surface area contributed by atoms with E-state index in [-0.39, 0.29) is 30.3 Å². The van der Waals surface area contributed by atoms with Crippen molar-refractivity contribution in [3.05, 3.63) is 0 Å². The molecule has 2 fully saturated rings. The fourth-order valence-electron chi connectivity index (χ4n) is 2.80. The first-order valence-electron chi connectivity index (χ1n) is 7.76. The Bertz CT molecular complexity index is 327. The molecule has 2 aliphatic heterocycles. The van der Waals surface area contributed by atoms with Crippen LogP contribution in [0.25, 0.3) is 0 Å². The zero-order valence-electron chi connectivity index (χ0n) is 12.9. The second-order valence-electron chi connectivity index (χ2n) is 6.48. The molecule has 2 saturated heterocycles. The summed E-state index contributed by atoms with van der Waals surface area (Å²) in [7, 11) is 0. The highest BCUT2D eigenvalue weighted by Gasteiger charge is 2.41. The highest BCUT2D eigenvalue weighted by molar-refractivity contribution is 5.77. The molecule has 2 unspecified atom stereocenters. The lowest BCUT2D eigenvalue weighted by atomic mass is 9.89. The quantitative estimate of drug-likeness (QED) is 0.793. The number of amides is 1. The van der Waals surface area contributed by atoms with E-state index in [4.69, 9.17) is 9.47 Å². The summed E-state index contributed by atoms with van der Waals surface area (Å²) >= 11 is 0. The van der Waals surface area contributed by atoms with Gasteiger partial charge >= 0.3 is 0 Å². The van der Waals surface area contributed by atoms with Gasteiger partial charge in [0.25, 0.3) is 0 Å². The van der Waals surface area contributed by atoms with Gasteiger partial charge in [-0.15, -0.1) is 0 Å². The predicted octanol–water partition coefficient (Wildman–Crippen LogP) is 1.07. The van der Waals surface area contributed by atoms with Crippen molar-refractivity contribution in [2.24, 2.45) is 5.92 Å². The van der Waals surface area contributed by atoms with E-state index in [1.807, 2.05) is 6.92 Å². The fraction of sp³-hybridized carbons (Fsp3) is 0.933. The highest BCUT2D eigenvalue weighted by Crippen LogP contribution is 2.35. The molecule has 0 aromatic carbocycles. The monoisotopic (exact) mass is 284 g/mol. The first kappa shape index (κ1) is 15.7. The standard InChI is InChI=1S/C15H28N2O3/c1-11(2)12(3)17-14(18)10-19-13-8-15(20-9-13)4-6-16-7-5-15/h11-13,16H,4-10H2,1-3H3,(H,17,18). The maximum absolute atomic E-state index is 11.8. The van der Waals surface area contributed by atoms with E-state index in [0.29, 0.717) is 12.5 Å². The Morgan fingerprint density at radius 1 is 1.40 bits per heavy atom. The van der Waals surface area contributed by atoms with Gasteiger partial charge in [0.15, 0.2) is 0 Å². The van der Waals surface area contributed by atoms with Crippen molar-refractivity contribution in [2.45, 2.75) is 57.8 Å². The second-order valence-corrected chi connectivity index (χ2v) is 6.48. The van der Waals surface area contributed by atoms with Crippen molar-refractivity contribution in [1.29, 1.82) is 0 Å². The first-order valence-corrected chi connectivity index (χ1v) is 7.76. The lowest BCUT2D eigenvalue weighted by molar-refractivity contribution is -0.128.